The molecule has 2 rings (SSSR count). The first kappa shape index (κ1) is 15.6. The number of alkyl halides is 3. The summed E-state index contributed by atoms with van der Waals surface area (Å²) in [4.78, 5) is 24.8. The SMILES string of the molecule is CCC1C(=O)NCC(=O)N1c1cc(C(F)(F)F)ccc1Cl. The van der Waals surface area contributed by atoms with Gasteiger partial charge in [-0.1, -0.05) is 18.5 Å². The summed E-state index contributed by atoms with van der Waals surface area (Å²) in [5.41, 5.74) is -1.02. The Kier molecular flexibility index (Phi) is 4.13. The number of nitrogens with zero attached hydrogens (tertiary/aromatic N) is 1. The number of nitrogens with one attached hydrogen (secondary N) is 1. The fourth-order valence-corrected chi connectivity index (χ4v) is 2.41. The predicted molar refractivity (Wildman–Crippen MR) is 71.0 cm³/mol. The number of anilines is 1. The molecule has 1 N–H and O–H groups in total. The molecule has 1 heterocycles. The van der Waals surface area contributed by atoms with E-state index in [1.165, 1.54) is 0 Å². The molecule has 0 saturated carbocycles. The van der Waals surface area contributed by atoms with Crippen molar-refractivity contribution in [2.45, 2.75) is 25.6 Å². The van der Waals surface area contributed by atoms with Crippen molar-refractivity contribution >= 4 is 29.1 Å². The van der Waals surface area contributed by atoms with Crippen molar-refractivity contribution in [1.82, 2.24) is 5.32 Å². The summed E-state index contributed by atoms with van der Waals surface area (Å²) in [6, 6.07) is 1.84. The lowest BCUT2D eigenvalue weighted by atomic mass is 10.1. The van der Waals surface area contributed by atoms with E-state index in [9.17, 15) is 22.8 Å². The third-order valence-corrected chi connectivity index (χ3v) is 3.54. The predicted octanol–water partition coefficient (Wildman–Crippen LogP) is 2.60. The summed E-state index contributed by atoms with van der Waals surface area (Å²) in [6.07, 6.45) is -4.29. The number of halogens is 4. The maximum atomic E-state index is 12.8. The van der Waals surface area contributed by atoms with Crippen molar-refractivity contribution in [3.8, 4) is 0 Å². The molecule has 1 fully saturated rings. The van der Waals surface area contributed by atoms with Gasteiger partial charge in [0, 0.05) is 0 Å². The second kappa shape index (κ2) is 5.55. The summed E-state index contributed by atoms with van der Waals surface area (Å²) >= 11 is 5.92. The molecule has 1 unspecified atom stereocenters. The van der Waals surface area contributed by atoms with E-state index in [-0.39, 0.29) is 23.7 Å². The first-order valence-electron chi connectivity index (χ1n) is 6.22. The Bertz CT molecular complexity index is 589. The number of hydrogen-bond donors (Lipinski definition) is 1. The van der Waals surface area contributed by atoms with Crippen LogP contribution in [0.2, 0.25) is 5.02 Å². The average molecular weight is 321 g/mol. The van der Waals surface area contributed by atoms with Crippen molar-refractivity contribution in [3.63, 3.8) is 0 Å². The molecule has 1 atom stereocenters. The van der Waals surface area contributed by atoms with E-state index < -0.39 is 29.6 Å². The van der Waals surface area contributed by atoms with Gasteiger partial charge in [0.05, 0.1) is 22.8 Å². The minimum Gasteiger partial charge on any atom is -0.345 e. The maximum absolute atomic E-state index is 12.8. The summed E-state index contributed by atoms with van der Waals surface area (Å²) in [6.45, 7) is 1.40. The highest BCUT2D eigenvalue weighted by Gasteiger charge is 2.37. The van der Waals surface area contributed by atoms with Crippen LogP contribution in [0.5, 0.6) is 0 Å². The standard InChI is InChI=1S/C13H12ClF3N2O2/c1-2-9-12(21)18-6-11(20)19(9)10-5-7(13(15,16)17)3-4-8(10)14/h3-5,9H,2,6H2,1H3,(H,18,21). The molecule has 0 aromatic heterocycles. The Balaban J connectivity index is 2.52. The third-order valence-electron chi connectivity index (χ3n) is 3.22. The van der Waals surface area contributed by atoms with Crippen molar-refractivity contribution in [3.05, 3.63) is 28.8 Å². The van der Waals surface area contributed by atoms with Gasteiger partial charge in [0.2, 0.25) is 11.8 Å². The van der Waals surface area contributed by atoms with Gasteiger partial charge in [0.15, 0.2) is 0 Å². The lowest BCUT2D eigenvalue weighted by molar-refractivity contribution is -0.137. The van der Waals surface area contributed by atoms with Crippen LogP contribution < -0.4 is 10.2 Å². The molecule has 0 bridgehead atoms. The van der Waals surface area contributed by atoms with E-state index in [4.69, 9.17) is 11.6 Å². The Hall–Kier alpha value is -1.76. The molecule has 0 aliphatic carbocycles. The average Bonchev–Trinajstić information content (AvgIpc) is 2.40. The monoisotopic (exact) mass is 320 g/mol. The van der Waals surface area contributed by atoms with Crippen LogP contribution >= 0.6 is 11.6 Å². The van der Waals surface area contributed by atoms with Crippen molar-refractivity contribution in [2.24, 2.45) is 0 Å². The van der Waals surface area contributed by atoms with Crippen LogP contribution in [0.3, 0.4) is 0 Å². The number of carbonyl (C=O) groups is 2. The van der Waals surface area contributed by atoms with E-state index >= 15 is 0 Å². The van der Waals surface area contributed by atoms with E-state index in [1.54, 1.807) is 6.92 Å². The fourth-order valence-electron chi connectivity index (χ4n) is 2.20. The van der Waals surface area contributed by atoms with Crippen molar-refractivity contribution < 1.29 is 22.8 Å². The molecule has 1 aliphatic heterocycles. The fraction of sp³-hybridized carbons (Fsp3) is 0.385. The Morgan fingerprint density at radius 2 is 2.05 bits per heavy atom. The molecule has 1 saturated heterocycles. The number of carbonyl (C=O) groups excluding carboxylic acids is 2. The second-order valence-corrected chi connectivity index (χ2v) is 4.98. The molecule has 8 heteroatoms. The normalized spacial score (nSPS) is 19.7. The minimum atomic E-state index is -4.55. The number of rotatable bonds is 2. The minimum absolute atomic E-state index is 0.00972. The summed E-state index contributed by atoms with van der Waals surface area (Å²) < 4.78 is 38.4. The smallest absolute Gasteiger partial charge is 0.345 e. The Morgan fingerprint density at radius 3 is 2.62 bits per heavy atom. The van der Waals surface area contributed by atoms with Gasteiger partial charge in [-0.15, -0.1) is 0 Å². The molecule has 1 aromatic rings. The molecule has 4 nitrogen and oxygen atoms in total. The lowest BCUT2D eigenvalue weighted by Gasteiger charge is -2.35. The van der Waals surface area contributed by atoms with Gasteiger partial charge in [-0.25, -0.2) is 0 Å². The topological polar surface area (TPSA) is 49.4 Å². The van der Waals surface area contributed by atoms with Crippen LogP contribution in [-0.4, -0.2) is 24.4 Å². The molecule has 1 aromatic carbocycles. The maximum Gasteiger partial charge on any atom is 0.416 e. The van der Waals surface area contributed by atoms with E-state index in [0.717, 1.165) is 23.1 Å². The Labute approximate surface area is 123 Å². The molecule has 21 heavy (non-hydrogen) atoms. The molecular weight excluding hydrogens is 309 g/mol. The first-order chi connectivity index (χ1) is 9.75. The zero-order valence-electron chi connectivity index (χ0n) is 11.0. The second-order valence-electron chi connectivity index (χ2n) is 4.57. The number of piperazine rings is 1. The third kappa shape index (κ3) is 2.97. The van der Waals surface area contributed by atoms with Crippen LogP contribution in [0.25, 0.3) is 0 Å². The van der Waals surface area contributed by atoms with Crippen LogP contribution in [0, 0.1) is 0 Å². The van der Waals surface area contributed by atoms with Gasteiger partial charge in [-0.05, 0) is 24.6 Å². The Morgan fingerprint density at radius 1 is 1.38 bits per heavy atom. The highest BCUT2D eigenvalue weighted by Crippen LogP contribution is 2.36. The molecule has 0 radical (unpaired) electrons. The molecule has 2 amide bonds. The first-order valence-corrected chi connectivity index (χ1v) is 6.60. The molecular formula is C13H12ClF3N2O2. The molecule has 1 aliphatic rings. The van der Waals surface area contributed by atoms with Crippen molar-refractivity contribution in [2.75, 3.05) is 11.4 Å². The van der Waals surface area contributed by atoms with Crippen molar-refractivity contribution in [1.29, 1.82) is 0 Å². The lowest BCUT2D eigenvalue weighted by Crippen LogP contribution is -2.58. The van der Waals surface area contributed by atoms with E-state index in [1.807, 2.05) is 0 Å². The highest BCUT2D eigenvalue weighted by atomic mass is 35.5. The van der Waals surface area contributed by atoms with Crippen LogP contribution in [0.15, 0.2) is 18.2 Å². The summed E-state index contributed by atoms with van der Waals surface area (Å²) in [5, 5.41) is 2.39. The molecule has 114 valence electrons. The van der Waals surface area contributed by atoms with E-state index in [2.05, 4.69) is 5.32 Å². The van der Waals surface area contributed by atoms with Gasteiger partial charge in [-0.2, -0.15) is 13.2 Å². The molecule has 0 spiro atoms. The van der Waals surface area contributed by atoms with Gasteiger partial charge in [0.1, 0.15) is 6.04 Å². The van der Waals surface area contributed by atoms with Gasteiger partial charge >= 0.3 is 6.18 Å². The van der Waals surface area contributed by atoms with Crippen LogP contribution in [0.1, 0.15) is 18.9 Å². The number of benzene rings is 1. The number of hydrogen-bond acceptors (Lipinski definition) is 2. The highest BCUT2D eigenvalue weighted by molar-refractivity contribution is 6.34. The zero-order valence-corrected chi connectivity index (χ0v) is 11.8. The summed E-state index contributed by atoms with van der Waals surface area (Å²) in [5.74, 6) is -0.909. The van der Waals surface area contributed by atoms with E-state index in [0.29, 0.717) is 0 Å². The number of amides is 2. The largest absolute Gasteiger partial charge is 0.416 e. The van der Waals surface area contributed by atoms with Crippen LogP contribution in [0.4, 0.5) is 18.9 Å². The van der Waals surface area contributed by atoms with Crippen LogP contribution in [-0.2, 0) is 15.8 Å². The van der Waals surface area contributed by atoms with Gasteiger partial charge < -0.3 is 5.32 Å². The zero-order chi connectivity index (χ0) is 15.8. The summed E-state index contributed by atoms with van der Waals surface area (Å²) in [7, 11) is 0. The quantitative estimate of drug-likeness (QED) is 0.910. The van der Waals surface area contributed by atoms with Gasteiger partial charge in [0.25, 0.3) is 0 Å². The van der Waals surface area contributed by atoms with Gasteiger partial charge in [-0.3, -0.25) is 14.5 Å².